The molecular weight excluding hydrogens is 528 g/mol. The number of nitrogens with two attached hydrogens (primary N) is 2. The lowest BCUT2D eigenvalue weighted by Crippen LogP contribution is -2.51. The number of hydrogen-bond donors (Lipinski definition) is 2. The maximum Gasteiger partial charge on any atom is 0.338 e. The van der Waals surface area contributed by atoms with Gasteiger partial charge in [-0.15, -0.1) is 0 Å². The highest BCUT2D eigenvalue weighted by molar-refractivity contribution is 6.01. The standard InChI is InChI=1S/C30H27F2N5O3.CH4/c31-22-7-4-8-23(32)28(22)25-10-9-24(34)29(36-25)27(38)13-19-15-35-12-11-26(19)37-16-20(33)14-21(17-37)40-30(39)18-5-2-1-3-6-18;/h1-12,15,20-21H,13-14,16-17,33-34H2;1H4/t20-,21-;/m0./s1. The Labute approximate surface area is 237 Å². The van der Waals surface area contributed by atoms with Gasteiger partial charge in [-0.05, 0) is 42.5 Å². The topological polar surface area (TPSA) is 124 Å². The van der Waals surface area contributed by atoms with Crippen LogP contribution < -0.4 is 16.4 Å². The number of ether oxygens (including phenoxy) is 1. The second-order valence-electron chi connectivity index (χ2n) is 9.63. The van der Waals surface area contributed by atoms with Gasteiger partial charge in [0.15, 0.2) is 5.78 Å². The molecule has 1 aliphatic heterocycles. The number of rotatable bonds is 7. The first-order valence-corrected chi connectivity index (χ1v) is 12.7. The first kappa shape index (κ1) is 29.3. The fraction of sp³-hybridized carbons (Fsp3) is 0.226. The van der Waals surface area contributed by atoms with E-state index in [0.29, 0.717) is 36.3 Å². The van der Waals surface area contributed by atoms with Crippen LogP contribution in [0.15, 0.2) is 79.1 Å². The van der Waals surface area contributed by atoms with Gasteiger partial charge < -0.3 is 21.1 Å². The summed E-state index contributed by atoms with van der Waals surface area (Å²) >= 11 is 0. The monoisotopic (exact) mass is 559 g/mol. The number of aromatic nitrogens is 2. The van der Waals surface area contributed by atoms with Crippen LogP contribution in [0, 0.1) is 11.6 Å². The zero-order valence-electron chi connectivity index (χ0n) is 21.5. The summed E-state index contributed by atoms with van der Waals surface area (Å²) in [6.45, 7) is 0.854. The summed E-state index contributed by atoms with van der Waals surface area (Å²) in [7, 11) is 0. The van der Waals surface area contributed by atoms with E-state index in [4.69, 9.17) is 16.2 Å². The number of carbonyl (C=O) groups excluding carboxylic acids is 2. The normalized spacial score (nSPS) is 16.5. The van der Waals surface area contributed by atoms with E-state index in [2.05, 4.69) is 9.97 Å². The van der Waals surface area contributed by atoms with Gasteiger partial charge in [-0.3, -0.25) is 9.78 Å². The second-order valence-corrected chi connectivity index (χ2v) is 9.63. The van der Waals surface area contributed by atoms with E-state index in [0.717, 1.165) is 12.1 Å². The van der Waals surface area contributed by atoms with Crippen molar-refractivity contribution >= 4 is 23.1 Å². The molecule has 1 fully saturated rings. The predicted octanol–water partition coefficient (Wildman–Crippen LogP) is 4.83. The Morgan fingerprint density at radius 3 is 2.44 bits per heavy atom. The van der Waals surface area contributed by atoms with Crippen molar-refractivity contribution in [2.45, 2.75) is 32.4 Å². The number of carbonyl (C=O) groups is 2. The van der Waals surface area contributed by atoms with Gasteiger partial charge in [0.2, 0.25) is 0 Å². The average molecular weight is 560 g/mol. The lowest BCUT2D eigenvalue weighted by molar-refractivity contribution is 0.0255. The number of hydrogen-bond acceptors (Lipinski definition) is 8. The summed E-state index contributed by atoms with van der Waals surface area (Å²) in [6.07, 6.45) is 3.08. The molecule has 3 heterocycles. The van der Waals surface area contributed by atoms with Crippen LogP contribution in [-0.2, 0) is 11.2 Å². The van der Waals surface area contributed by atoms with E-state index in [1.54, 1.807) is 42.7 Å². The third kappa shape index (κ3) is 6.55. The first-order chi connectivity index (χ1) is 19.3. The Morgan fingerprint density at radius 1 is 0.976 bits per heavy atom. The smallest absolute Gasteiger partial charge is 0.338 e. The van der Waals surface area contributed by atoms with Crippen LogP contribution in [-0.4, -0.2) is 47.0 Å². The van der Waals surface area contributed by atoms with Gasteiger partial charge in [0.25, 0.3) is 0 Å². The molecule has 8 nitrogen and oxygen atoms in total. The summed E-state index contributed by atoms with van der Waals surface area (Å²) in [5.74, 6) is -2.47. The van der Waals surface area contributed by atoms with Crippen LogP contribution in [0.3, 0.4) is 0 Å². The molecule has 0 radical (unpaired) electrons. The molecule has 2 aromatic heterocycles. The Kier molecular flexibility index (Phi) is 9.04. The van der Waals surface area contributed by atoms with Crippen LogP contribution in [0.1, 0.15) is 40.3 Å². The predicted molar refractivity (Wildman–Crippen MR) is 153 cm³/mol. The summed E-state index contributed by atoms with van der Waals surface area (Å²) < 4.78 is 34.5. The van der Waals surface area contributed by atoms with E-state index in [1.807, 2.05) is 11.0 Å². The third-order valence-corrected chi connectivity index (χ3v) is 6.71. The highest BCUT2D eigenvalue weighted by Crippen LogP contribution is 2.29. The van der Waals surface area contributed by atoms with Crippen LogP contribution in [0.25, 0.3) is 11.3 Å². The zero-order valence-corrected chi connectivity index (χ0v) is 21.5. The fourth-order valence-corrected chi connectivity index (χ4v) is 4.86. The number of halogens is 2. The van der Waals surface area contributed by atoms with Gasteiger partial charge >= 0.3 is 5.97 Å². The molecule has 10 heteroatoms. The quantitative estimate of drug-likeness (QED) is 0.244. The van der Waals surface area contributed by atoms with E-state index >= 15 is 0 Å². The minimum Gasteiger partial charge on any atom is -0.457 e. The SMILES string of the molecule is C.Nc1ccc(-c2c(F)cccc2F)nc1C(=O)Cc1cnccc1N1C[C@@H](N)C[C@H](OC(=O)c2ccccc2)C1. The van der Waals surface area contributed by atoms with Gasteiger partial charge in [-0.25, -0.2) is 18.6 Å². The molecule has 4 N–H and O–H groups in total. The second kappa shape index (κ2) is 12.6. The summed E-state index contributed by atoms with van der Waals surface area (Å²) in [5.41, 5.74) is 13.7. The average Bonchev–Trinajstić information content (AvgIpc) is 2.94. The lowest BCUT2D eigenvalue weighted by atomic mass is 10.00. The van der Waals surface area contributed by atoms with Gasteiger partial charge in [0.05, 0.1) is 29.1 Å². The van der Waals surface area contributed by atoms with Gasteiger partial charge in [0.1, 0.15) is 23.4 Å². The summed E-state index contributed by atoms with van der Waals surface area (Å²) in [6, 6.07) is 16.5. The number of esters is 1. The maximum atomic E-state index is 14.4. The molecule has 0 amide bonds. The van der Waals surface area contributed by atoms with Gasteiger partial charge in [-0.2, -0.15) is 0 Å². The Bertz CT molecular complexity index is 1530. The molecule has 1 saturated heterocycles. The molecule has 212 valence electrons. The number of ketones is 1. The van der Waals surface area contributed by atoms with Crippen LogP contribution in [0.5, 0.6) is 0 Å². The zero-order chi connectivity index (χ0) is 28.2. The van der Waals surface area contributed by atoms with Crippen LogP contribution in [0.4, 0.5) is 20.2 Å². The van der Waals surface area contributed by atoms with Gasteiger partial charge in [0, 0.05) is 49.1 Å². The van der Waals surface area contributed by atoms with Crippen molar-refractivity contribution in [1.29, 1.82) is 0 Å². The molecule has 4 aromatic rings. The molecule has 0 spiro atoms. The molecule has 2 atom stereocenters. The molecule has 0 bridgehead atoms. The van der Waals surface area contributed by atoms with Gasteiger partial charge in [-0.1, -0.05) is 31.7 Å². The molecule has 5 rings (SSSR count). The molecule has 0 saturated carbocycles. The van der Waals surface area contributed by atoms with E-state index in [-0.39, 0.29) is 42.5 Å². The number of piperidine rings is 1. The maximum absolute atomic E-state index is 14.4. The van der Waals surface area contributed by atoms with E-state index in [1.165, 1.54) is 18.2 Å². The molecule has 0 aliphatic carbocycles. The van der Waals surface area contributed by atoms with Crippen LogP contribution >= 0.6 is 0 Å². The largest absolute Gasteiger partial charge is 0.457 e. The Morgan fingerprint density at radius 2 is 1.71 bits per heavy atom. The van der Waals surface area contributed by atoms with Crippen molar-refractivity contribution in [2.75, 3.05) is 23.7 Å². The number of nitrogens with zero attached hydrogens (tertiary/aromatic N) is 3. The van der Waals surface area contributed by atoms with E-state index < -0.39 is 29.5 Å². The summed E-state index contributed by atoms with van der Waals surface area (Å²) in [5, 5.41) is 0. The number of nitrogen functional groups attached to an aromatic ring is 1. The molecule has 2 aromatic carbocycles. The Balaban J connectivity index is 0.00000387. The van der Waals surface area contributed by atoms with Crippen molar-refractivity contribution in [3.63, 3.8) is 0 Å². The number of pyridine rings is 2. The highest BCUT2D eigenvalue weighted by Gasteiger charge is 2.30. The van der Waals surface area contributed by atoms with Crippen molar-refractivity contribution < 1.29 is 23.1 Å². The molecule has 41 heavy (non-hydrogen) atoms. The minimum atomic E-state index is -0.797. The van der Waals surface area contributed by atoms with Crippen molar-refractivity contribution in [2.24, 2.45) is 5.73 Å². The van der Waals surface area contributed by atoms with Crippen molar-refractivity contribution in [1.82, 2.24) is 9.97 Å². The fourth-order valence-electron chi connectivity index (χ4n) is 4.86. The first-order valence-electron chi connectivity index (χ1n) is 12.7. The van der Waals surface area contributed by atoms with Crippen LogP contribution in [0.2, 0.25) is 0 Å². The third-order valence-electron chi connectivity index (χ3n) is 6.71. The lowest BCUT2D eigenvalue weighted by Gasteiger charge is -2.38. The Hall–Kier alpha value is -4.70. The van der Waals surface area contributed by atoms with Crippen molar-refractivity contribution in [3.8, 4) is 11.3 Å². The van der Waals surface area contributed by atoms with E-state index in [9.17, 15) is 18.4 Å². The number of Topliss-reactive ketones (excluding diaryl/α,β-unsaturated/α-hetero) is 1. The summed E-state index contributed by atoms with van der Waals surface area (Å²) in [4.78, 5) is 36.4. The number of benzene rings is 2. The molecule has 0 unspecified atom stereocenters. The van der Waals surface area contributed by atoms with Crippen molar-refractivity contribution in [3.05, 3.63) is 108 Å². The minimum absolute atomic E-state index is 0. The number of anilines is 2. The molecular formula is C31H31F2N5O3. The highest BCUT2D eigenvalue weighted by atomic mass is 19.1. The molecule has 1 aliphatic rings.